The fourth-order valence-electron chi connectivity index (χ4n) is 3.90. The number of methoxy groups -OCH3 is 1. The normalized spacial score (nSPS) is 26.2. The van der Waals surface area contributed by atoms with Crippen LogP contribution in [0.4, 0.5) is 0 Å². The largest absolute Gasteiger partial charge is 0.497 e. The minimum atomic E-state index is -3.76. The van der Waals surface area contributed by atoms with Gasteiger partial charge in [0.15, 0.2) is 0 Å². The van der Waals surface area contributed by atoms with Gasteiger partial charge in [0.2, 0.25) is 15.9 Å². The summed E-state index contributed by atoms with van der Waals surface area (Å²) in [7, 11) is -2.25. The molecule has 2 atom stereocenters. The number of carbonyl (C=O) groups excluding carboxylic acids is 1. The van der Waals surface area contributed by atoms with Crippen LogP contribution in [0.15, 0.2) is 29.2 Å². The van der Waals surface area contributed by atoms with E-state index in [0.29, 0.717) is 25.3 Å². The van der Waals surface area contributed by atoms with Crippen molar-refractivity contribution >= 4 is 15.9 Å². The Labute approximate surface area is 154 Å². The highest BCUT2D eigenvalue weighted by molar-refractivity contribution is 7.89. The first-order valence-corrected chi connectivity index (χ1v) is 10.5. The molecule has 0 bridgehead atoms. The van der Waals surface area contributed by atoms with Gasteiger partial charge in [-0.05, 0) is 43.5 Å². The molecule has 1 heterocycles. The second-order valence-corrected chi connectivity index (χ2v) is 8.90. The summed E-state index contributed by atoms with van der Waals surface area (Å²) in [6.45, 7) is 0.690. The van der Waals surface area contributed by atoms with Crippen molar-refractivity contribution in [2.75, 3.05) is 26.7 Å². The summed E-state index contributed by atoms with van der Waals surface area (Å²) in [6.07, 6.45) is 4.37. The standard InChI is InChI=1S/C18H26N2O5S/c1-25-15-5-7-16(8-6-15)26(23,24)19-12-17(21)20-11-10-18(22)9-3-2-4-14(18)13-20/h5-8,14,19,22H,2-4,9-13H2,1H3/t14-,18-/m0/s1. The van der Waals surface area contributed by atoms with Crippen LogP contribution in [0.25, 0.3) is 0 Å². The lowest BCUT2D eigenvalue weighted by Gasteiger charge is -2.47. The number of benzene rings is 1. The maximum atomic E-state index is 12.5. The van der Waals surface area contributed by atoms with E-state index in [4.69, 9.17) is 4.74 Å². The molecule has 1 aliphatic heterocycles. The van der Waals surface area contributed by atoms with E-state index in [2.05, 4.69) is 4.72 Å². The van der Waals surface area contributed by atoms with Gasteiger partial charge >= 0.3 is 0 Å². The Morgan fingerprint density at radius 2 is 2.04 bits per heavy atom. The predicted octanol–water partition coefficient (Wildman–Crippen LogP) is 1.13. The van der Waals surface area contributed by atoms with Gasteiger partial charge in [-0.15, -0.1) is 0 Å². The van der Waals surface area contributed by atoms with Crippen molar-refractivity contribution in [1.82, 2.24) is 9.62 Å². The zero-order chi connectivity index (χ0) is 18.8. The molecule has 1 saturated carbocycles. The first kappa shape index (κ1) is 19.1. The summed E-state index contributed by atoms with van der Waals surface area (Å²) in [5.74, 6) is 0.398. The number of rotatable bonds is 5. The summed E-state index contributed by atoms with van der Waals surface area (Å²) >= 11 is 0. The molecule has 0 spiro atoms. The lowest BCUT2D eigenvalue weighted by Crippen LogP contribution is -2.56. The molecule has 0 aromatic heterocycles. The molecule has 3 rings (SSSR count). The van der Waals surface area contributed by atoms with Gasteiger partial charge in [-0.3, -0.25) is 4.79 Å². The number of nitrogens with one attached hydrogen (secondary N) is 1. The lowest BCUT2D eigenvalue weighted by molar-refractivity contribution is -0.142. The smallest absolute Gasteiger partial charge is 0.241 e. The number of fused-ring (bicyclic) bond motifs is 1. The van der Waals surface area contributed by atoms with Crippen molar-refractivity contribution < 1.29 is 23.1 Å². The number of amides is 1. The zero-order valence-corrected chi connectivity index (χ0v) is 15.8. The van der Waals surface area contributed by atoms with Gasteiger partial charge < -0.3 is 14.7 Å². The maximum absolute atomic E-state index is 12.5. The number of ether oxygens (including phenoxy) is 1. The van der Waals surface area contributed by atoms with Gasteiger partial charge in [0.05, 0.1) is 24.2 Å². The highest BCUT2D eigenvalue weighted by Crippen LogP contribution is 2.39. The van der Waals surface area contributed by atoms with Gasteiger partial charge in [-0.25, -0.2) is 13.1 Å². The summed E-state index contributed by atoms with van der Waals surface area (Å²) in [4.78, 5) is 14.2. The third-order valence-electron chi connectivity index (χ3n) is 5.56. The fourth-order valence-corrected chi connectivity index (χ4v) is 4.88. The van der Waals surface area contributed by atoms with E-state index in [-0.39, 0.29) is 23.3 Å². The Morgan fingerprint density at radius 1 is 1.31 bits per heavy atom. The third kappa shape index (κ3) is 4.02. The van der Waals surface area contributed by atoms with Crippen molar-refractivity contribution in [3.05, 3.63) is 24.3 Å². The number of aliphatic hydroxyl groups is 1. The van der Waals surface area contributed by atoms with Crippen LogP contribution in [0, 0.1) is 5.92 Å². The van der Waals surface area contributed by atoms with Gasteiger partial charge in [-0.1, -0.05) is 12.8 Å². The number of hydrogen-bond donors (Lipinski definition) is 2. The van der Waals surface area contributed by atoms with Crippen LogP contribution < -0.4 is 9.46 Å². The van der Waals surface area contributed by atoms with Gasteiger partial charge in [-0.2, -0.15) is 0 Å². The molecule has 2 aliphatic rings. The molecule has 2 fully saturated rings. The number of hydrogen-bond acceptors (Lipinski definition) is 5. The second kappa shape index (κ2) is 7.54. The molecule has 2 N–H and O–H groups in total. The summed E-state index contributed by atoms with van der Waals surface area (Å²) in [5.41, 5.74) is -0.655. The van der Waals surface area contributed by atoms with Crippen LogP contribution in [0.5, 0.6) is 5.75 Å². The van der Waals surface area contributed by atoms with Crippen LogP contribution in [0.2, 0.25) is 0 Å². The molecule has 144 valence electrons. The van der Waals surface area contributed by atoms with Crippen LogP contribution in [-0.2, 0) is 14.8 Å². The molecular weight excluding hydrogens is 356 g/mol. The highest BCUT2D eigenvalue weighted by Gasteiger charge is 2.43. The molecule has 7 nitrogen and oxygen atoms in total. The Hall–Kier alpha value is -1.64. The molecule has 0 unspecified atom stereocenters. The molecule has 1 aromatic carbocycles. The first-order valence-electron chi connectivity index (χ1n) is 8.98. The van der Waals surface area contributed by atoms with E-state index >= 15 is 0 Å². The number of carbonyl (C=O) groups is 1. The first-order chi connectivity index (χ1) is 12.3. The summed E-state index contributed by atoms with van der Waals surface area (Å²) in [5, 5.41) is 10.7. The molecule has 1 aromatic rings. The van der Waals surface area contributed by atoms with Crippen LogP contribution in [-0.4, -0.2) is 56.7 Å². The van der Waals surface area contributed by atoms with Crippen molar-refractivity contribution in [2.45, 2.75) is 42.6 Å². The van der Waals surface area contributed by atoms with Crippen molar-refractivity contribution in [3.63, 3.8) is 0 Å². The van der Waals surface area contributed by atoms with Crippen LogP contribution >= 0.6 is 0 Å². The summed E-state index contributed by atoms with van der Waals surface area (Å²) in [6, 6.07) is 6.00. The average Bonchev–Trinajstić information content (AvgIpc) is 2.65. The molecule has 1 amide bonds. The van der Waals surface area contributed by atoms with Gasteiger partial charge in [0.1, 0.15) is 5.75 Å². The average molecular weight is 382 g/mol. The molecular formula is C18H26N2O5S. The van der Waals surface area contributed by atoms with Gasteiger partial charge in [0, 0.05) is 19.0 Å². The predicted molar refractivity (Wildman–Crippen MR) is 96.3 cm³/mol. The van der Waals surface area contributed by atoms with E-state index in [1.165, 1.54) is 19.2 Å². The Kier molecular flexibility index (Phi) is 5.55. The molecule has 0 radical (unpaired) electrons. The Morgan fingerprint density at radius 3 is 2.73 bits per heavy atom. The molecule has 8 heteroatoms. The fraction of sp³-hybridized carbons (Fsp3) is 0.611. The van der Waals surface area contributed by atoms with E-state index in [1.54, 1.807) is 17.0 Å². The summed E-state index contributed by atoms with van der Waals surface area (Å²) < 4.78 is 32.1. The van der Waals surface area contributed by atoms with E-state index in [9.17, 15) is 18.3 Å². The number of sulfonamides is 1. The van der Waals surface area contributed by atoms with E-state index in [0.717, 1.165) is 25.7 Å². The van der Waals surface area contributed by atoms with Crippen LogP contribution in [0.1, 0.15) is 32.1 Å². The molecule has 26 heavy (non-hydrogen) atoms. The van der Waals surface area contributed by atoms with Crippen molar-refractivity contribution in [1.29, 1.82) is 0 Å². The van der Waals surface area contributed by atoms with Crippen LogP contribution in [0.3, 0.4) is 0 Å². The van der Waals surface area contributed by atoms with Crippen molar-refractivity contribution in [2.24, 2.45) is 5.92 Å². The maximum Gasteiger partial charge on any atom is 0.241 e. The number of likely N-dealkylation sites (tertiary alicyclic amines) is 1. The minimum absolute atomic E-state index is 0.0893. The van der Waals surface area contributed by atoms with Gasteiger partial charge in [0.25, 0.3) is 0 Å². The SMILES string of the molecule is COc1ccc(S(=O)(=O)NCC(=O)N2CC[C@@]3(O)CCCC[C@H]3C2)cc1. The zero-order valence-electron chi connectivity index (χ0n) is 15.0. The monoisotopic (exact) mass is 382 g/mol. The van der Waals surface area contributed by atoms with E-state index in [1.807, 2.05) is 0 Å². The second-order valence-electron chi connectivity index (χ2n) is 7.14. The van der Waals surface area contributed by atoms with E-state index < -0.39 is 15.6 Å². The molecule has 1 saturated heterocycles. The third-order valence-corrected chi connectivity index (χ3v) is 6.98. The van der Waals surface area contributed by atoms with Crippen molar-refractivity contribution in [3.8, 4) is 5.75 Å². The highest BCUT2D eigenvalue weighted by atomic mass is 32.2. The lowest BCUT2D eigenvalue weighted by atomic mass is 9.71. The number of piperidine rings is 1. The quantitative estimate of drug-likeness (QED) is 0.796. The Balaban J connectivity index is 1.58. The minimum Gasteiger partial charge on any atom is -0.497 e. The Bertz CT molecular complexity index is 749. The molecule has 1 aliphatic carbocycles. The number of nitrogens with zero attached hydrogens (tertiary/aromatic N) is 1. The topological polar surface area (TPSA) is 95.9 Å².